The van der Waals surface area contributed by atoms with Gasteiger partial charge in [-0.15, -0.1) is 11.8 Å². The van der Waals surface area contributed by atoms with Gasteiger partial charge in [-0.05, 0) is 12.8 Å². The van der Waals surface area contributed by atoms with Crippen LogP contribution in [-0.4, -0.2) is 39.8 Å². The van der Waals surface area contributed by atoms with Crippen molar-refractivity contribution in [3.63, 3.8) is 0 Å². The summed E-state index contributed by atoms with van der Waals surface area (Å²) in [4.78, 5) is 34.9. The number of hydrogen-bond acceptors (Lipinski definition) is 4. The number of carboxylic acids is 1. The van der Waals surface area contributed by atoms with Crippen molar-refractivity contribution in [1.82, 2.24) is 5.32 Å². The normalized spacial score (nSPS) is 13.4. The van der Waals surface area contributed by atoms with Crippen LogP contribution in [0.2, 0.25) is 0 Å². The second-order valence-electron chi connectivity index (χ2n) is 5.97. The van der Waals surface area contributed by atoms with Gasteiger partial charge in [-0.25, -0.2) is 0 Å². The minimum absolute atomic E-state index is 0.0153. The van der Waals surface area contributed by atoms with E-state index in [1.807, 2.05) is 19.9 Å². The van der Waals surface area contributed by atoms with Gasteiger partial charge in [0.2, 0.25) is 5.91 Å². The first-order valence-corrected chi connectivity index (χ1v) is 8.59. The fraction of sp³-hybridized carbons (Fsp3) is 0.471. The summed E-state index contributed by atoms with van der Waals surface area (Å²) >= 11 is 1.23. The molecule has 126 valence electrons. The van der Waals surface area contributed by atoms with E-state index in [9.17, 15) is 14.4 Å². The third-order valence-electron chi connectivity index (χ3n) is 3.78. The number of thioether (sulfide) groups is 1. The lowest BCUT2D eigenvalue weighted by molar-refractivity contribution is -0.139. The smallest absolute Gasteiger partial charge is 0.305 e. The minimum atomic E-state index is -0.951. The molecule has 0 heterocycles. The molecule has 1 atom stereocenters. The number of carbonyl (C=O) groups excluding carboxylic acids is 2. The van der Waals surface area contributed by atoms with Crippen molar-refractivity contribution in [2.24, 2.45) is 5.92 Å². The molecule has 0 bridgehead atoms. The number of rotatable bonds is 9. The van der Waals surface area contributed by atoms with Crippen molar-refractivity contribution in [2.75, 3.05) is 11.5 Å². The Hall–Kier alpha value is -1.82. The average Bonchev–Trinajstić information content (AvgIpc) is 2.46. The van der Waals surface area contributed by atoms with Crippen LogP contribution in [0.25, 0.3) is 0 Å². The quantitative estimate of drug-likeness (QED) is 0.677. The first-order chi connectivity index (χ1) is 10.7. The lowest BCUT2D eigenvalue weighted by Gasteiger charge is -2.33. The number of ketones is 1. The molecule has 0 aliphatic heterocycles. The number of aliphatic carboxylic acids is 1. The number of amides is 1. The van der Waals surface area contributed by atoms with E-state index in [2.05, 4.69) is 5.32 Å². The van der Waals surface area contributed by atoms with Crippen molar-refractivity contribution in [3.8, 4) is 0 Å². The lowest BCUT2D eigenvalue weighted by Crippen LogP contribution is -2.51. The summed E-state index contributed by atoms with van der Waals surface area (Å²) in [5.41, 5.74) is -0.175. The molecule has 5 nitrogen and oxygen atoms in total. The van der Waals surface area contributed by atoms with Crippen molar-refractivity contribution in [1.29, 1.82) is 0 Å². The highest BCUT2D eigenvalue weighted by atomic mass is 32.2. The minimum Gasteiger partial charge on any atom is -0.481 e. The second kappa shape index (κ2) is 8.72. The zero-order valence-electron chi connectivity index (χ0n) is 13.7. The van der Waals surface area contributed by atoms with E-state index in [-0.39, 0.29) is 35.5 Å². The molecule has 2 N–H and O–H groups in total. The average molecular weight is 337 g/mol. The van der Waals surface area contributed by atoms with Crippen LogP contribution in [0.15, 0.2) is 30.3 Å². The van der Waals surface area contributed by atoms with Crippen LogP contribution in [0.5, 0.6) is 0 Å². The molecule has 23 heavy (non-hydrogen) atoms. The predicted octanol–water partition coefficient (Wildman–Crippen LogP) is 2.61. The highest BCUT2D eigenvalue weighted by molar-refractivity contribution is 8.00. The third-order valence-corrected chi connectivity index (χ3v) is 4.71. The molecule has 0 radical (unpaired) electrons. The van der Waals surface area contributed by atoms with Crippen LogP contribution in [0.4, 0.5) is 0 Å². The zero-order valence-corrected chi connectivity index (χ0v) is 14.5. The molecule has 1 rings (SSSR count). The van der Waals surface area contributed by atoms with Crippen molar-refractivity contribution in [2.45, 2.75) is 32.7 Å². The maximum atomic E-state index is 12.0. The molecule has 0 fully saturated rings. The Morgan fingerprint density at radius 3 is 2.30 bits per heavy atom. The van der Waals surface area contributed by atoms with E-state index in [1.165, 1.54) is 11.8 Å². The molecule has 1 aromatic carbocycles. The summed E-state index contributed by atoms with van der Waals surface area (Å²) in [6.45, 7) is 5.47. The van der Waals surface area contributed by atoms with Gasteiger partial charge >= 0.3 is 5.97 Å². The summed E-state index contributed by atoms with van der Waals surface area (Å²) in [5.74, 6) is -0.907. The Labute approximate surface area is 140 Å². The lowest BCUT2D eigenvalue weighted by atomic mass is 9.85. The van der Waals surface area contributed by atoms with Gasteiger partial charge in [0, 0.05) is 11.1 Å². The summed E-state index contributed by atoms with van der Waals surface area (Å²) in [5, 5.41) is 11.8. The van der Waals surface area contributed by atoms with E-state index in [1.54, 1.807) is 31.2 Å². The molecular formula is C17H23NO4S. The van der Waals surface area contributed by atoms with Crippen LogP contribution in [0.3, 0.4) is 0 Å². The summed E-state index contributed by atoms with van der Waals surface area (Å²) in [6, 6.07) is 8.92. The number of hydrogen-bond donors (Lipinski definition) is 2. The number of carboxylic acid groups (broad SMARTS) is 1. The van der Waals surface area contributed by atoms with Crippen LogP contribution < -0.4 is 5.32 Å². The maximum absolute atomic E-state index is 12.0. The Morgan fingerprint density at radius 1 is 1.17 bits per heavy atom. The zero-order chi connectivity index (χ0) is 17.5. The fourth-order valence-corrected chi connectivity index (χ4v) is 2.72. The molecule has 0 spiro atoms. The molecule has 0 aromatic heterocycles. The summed E-state index contributed by atoms with van der Waals surface area (Å²) in [7, 11) is 0. The topological polar surface area (TPSA) is 83.5 Å². The Morgan fingerprint density at radius 2 is 1.78 bits per heavy atom. The standard InChI is InChI=1S/C17H23NO4S/c1-12(2)17(3,9-16(21)22)18-15(20)11-23-10-14(19)13-7-5-4-6-8-13/h4-8,12H,9-11H2,1-3H3,(H,18,20)(H,21,22). The maximum Gasteiger partial charge on any atom is 0.305 e. The van der Waals surface area contributed by atoms with Gasteiger partial charge in [-0.1, -0.05) is 44.2 Å². The Balaban J connectivity index is 2.47. The SMILES string of the molecule is CC(C)C(C)(CC(=O)O)NC(=O)CSCC(=O)c1ccccc1. The van der Waals surface area contributed by atoms with Crippen LogP contribution in [0, 0.1) is 5.92 Å². The Bertz CT molecular complexity index is 559. The molecule has 1 amide bonds. The number of Topliss-reactive ketones (excluding diaryl/α,β-unsaturated/α-hetero) is 1. The number of nitrogens with one attached hydrogen (secondary N) is 1. The molecular weight excluding hydrogens is 314 g/mol. The van der Waals surface area contributed by atoms with Gasteiger partial charge in [0.05, 0.1) is 17.9 Å². The van der Waals surface area contributed by atoms with Gasteiger partial charge in [-0.2, -0.15) is 0 Å². The van der Waals surface area contributed by atoms with E-state index < -0.39 is 11.5 Å². The van der Waals surface area contributed by atoms with E-state index in [4.69, 9.17) is 5.11 Å². The highest BCUT2D eigenvalue weighted by Gasteiger charge is 2.32. The van der Waals surface area contributed by atoms with Crippen molar-refractivity contribution in [3.05, 3.63) is 35.9 Å². The molecule has 0 saturated carbocycles. The largest absolute Gasteiger partial charge is 0.481 e. The number of benzene rings is 1. The Kier molecular flexibility index (Phi) is 7.29. The first-order valence-electron chi connectivity index (χ1n) is 7.43. The highest BCUT2D eigenvalue weighted by Crippen LogP contribution is 2.21. The van der Waals surface area contributed by atoms with Crippen LogP contribution in [0.1, 0.15) is 37.6 Å². The van der Waals surface area contributed by atoms with E-state index >= 15 is 0 Å². The molecule has 0 saturated heterocycles. The van der Waals surface area contributed by atoms with Crippen molar-refractivity contribution >= 4 is 29.4 Å². The van der Waals surface area contributed by atoms with Crippen LogP contribution in [-0.2, 0) is 9.59 Å². The molecule has 0 aliphatic rings. The van der Waals surface area contributed by atoms with Crippen LogP contribution >= 0.6 is 11.8 Å². The molecule has 0 aliphatic carbocycles. The van der Waals surface area contributed by atoms with Gasteiger partial charge in [0.15, 0.2) is 5.78 Å². The number of carbonyl (C=O) groups is 3. The van der Waals surface area contributed by atoms with Crippen molar-refractivity contribution < 1.29 is 19.5 Å². The monoisotopic (exact) mass is 337 g/mol. The molecule has 6 heteroatoms. The van der Waals surface area contributed by atoms with Gasteiger partial charge in [0.1, 0.15) is 0 Å². The van der Waals surface area contributed by atoms with Gasteiger partial charge in [-0.3, -0.25) is 14.4 Å². The predicted molar refractivity (Wildman–Crippen MR) is 91.7 cm³/mol. The summed E-state index contributed by atoms with van der Waals surface area (Å²) in [6.07, 6.45) is -0.135. The van der Waals surface area contributed by atoms with E-state index in [0.29, 0.717) is 5.56 Å². The third kappa shape index (κ3) is 6.44. The summed E-state index contributed by atoms with van der Waals surface area (Å²) < 4.78 is 0. The molecule has 1 unspecified atom stereocenters. The van der Waals surface area contributed by atoms with E-state index in [0.717, 1.165) is 0 Å². The van der Waals surface area contributed by atoms with Gasteiger partial charge in [0.25, 0.3) is 0 Å². The van der Waals surface area contributed by atoms with Gasteiger partial charge < -0.3 is 10.4 Å². The fourth-order valence-electron chi connectivity index (χ4n) is 2.01. The first kappa shape index (κ1) is 19.2. The second-order valence-corrected chi connectivity index (χ2v) is 6.96. The molecule has 1 aromatic rings.